The molecule has 3 heterocycles. The molecule has 1 unspecified atom stereocenters. The summed E-state index contributed by atoms with van der Waals surface area (Å²) >= 11 is 13.6. The molecule has 5 aromatic rings. The van der Waals surface area contributed by atoms with Crippen LogP contribution in [-0.4, -0.2) is 62.4 Å². The van der Waals surface area contributed by atoms with Gasteiger partial charge in [0.1, 0.15) is 16.8 Å². The lowest BCUT2D eigenvalue weighted by atomic mass is 9.95. The number of halogens is 3. The summed E-state index contributed by atoms with van der Waals surface area (Å²) in [7, 11) is 0. The quantitative estimate of drug-likeness (QED) is 0.0876. The Labute approximate surface area is 317 Å². The fourth-order valence-electron chi connectivity index (χ4n) is 6.85. The lowest BCUT2D eigenvalue weighted by Gasteiger charge is -2.18. The van der Waals surface area contributed by atoms with Crippen molar-refractivity contribution in [2.24, 2.45) is 0 Å². The average Bonchev–Trinajstić information content (AvgIpc) is 3.84. The molecule has 53 heavy (non-hydrogen) atoms. The largest absolute Gasteiger partial charge is 0.493 e. The van der Waals surface area contributed by atoms with E-state index in [4.69, 9.17) is 32.9 Å². The number of hydrogen-bond acceptors (Lipinski definition) is 8. The fraction of sp³-hybridized carbons (Fsp3) is 0.293. The maximum Gasteiger partial charge on any atom is 0.323 e. The maximum atomic E-state index is 15.7. The van der Waals surface area contributed by atoms with Crippen LogP contribution in [0.1, 0.15) is 54.0 Å². The zero-order chi connectivity index (χ0) is 37.3. The minimum absolute atomic E-state index is 0.0215. The molecule has 3 aromatic carbocycles. The number of rotatable bonds is 13. The highest BCUT2D eigenvalue weighted by atomic mass is 35.5. The molecular formula is C41H40Cl2FN5O4. The van der Waals surface area contributed by atoms with Crippen LogP contribution < -0.4 is 15.4 Å². The van der Waals surface area contributed by atoms with Gasteiger partial charge in [0, 0.05) is 55.1 Å². The zero-order valence-electron chi connectivity index (χ0n) is 29.4. The van der Waals surface area contributed by atoms with Crippen LogP contribution >= 0.6 is 23.2 Å². The van der Waals surface area contributed by atoms with E-state index in [1.807, 2.05) is 61.7 Å². The van der Waals surface area contributed by atoms with Crippen molar-refractivity contribution in [3.05, 3.63) is 111 Å². The second-order valence-electron chi connectivity index (χ2n) is 13.6. The van der Waals surface area contributed by atoms with Gasteiger partial charge in [0.2, 0.25) is 0 Å². The number of carboxylic acid groups (broad SMARTS) is 1. The van der Waals surface area contributed by atoms with Crippen LogP contribution in [0.4, 0.5) is 15.9 Å². The van der Waals surface area contributed by atoms with Gasteiger partial charge >= 0.3 is 5.97 Å². The molecule has 2 fully saturated rings. The molecule has 1 aliphatic carbocycles. The van der Waals surface area contributed by atoms with Crippen molar-refractivity contribution in [1.29, 1.82) is 0 Å². The number of aliphatic hydroxyl groups excluding tert-OH is 1. The lowest BCUT2D eigenvalue weighted by molar-refractivity contribution is -0.140. The number of likely N-dealkylation sites (tertiary alicyclic amines) is 1. The number of aliphatic carboxylic acids is 1. The van der Waals surface area contributed by atoms with Gasteiger partial charge in [0.25, 0.3) is 0 Å². The van der Waals surface area contributed by atoms with E-state index in [1.165, 1.54) is 0 Å². The number of aromatic nitrogens is 2. The summed E-state index contributed by atoms with van der Waals surface area (Å²) in [5, 5.41) is 27.2. The van der Waals surface area contributed by atoms with Crippen molar-refractivity contribution in [2.75, 3.05) is 25.0 Å². The summed E-state index contributed by atoms with van der Waals surface area (Å²) in [4.78, 5) is 23.2. The van der Waals surface area contributed by atoms with Gasteiger partial charge in [-0.25, -0.2) is 9.37 Å². The van der Waals surface area contributed by atoms with Crippen LogP contribution in [0.3, 0.4) is 0 Å². The van der Waals surface area contributed by atoms with E-state index < -0.39 is 17.3 Å². The number of benzene rings is 3. The van der Waals surface area contributed by atoms with Gasteiger partial charge in [0.15, 0.2) is 11.6 Å². The number of β-amino-alcohol motifs (C(OH)–C–C–N with tert-alkyl or cyclic N) is 1. The van der Waals surface area contributed by atoms with Gasteiger partial charge < -0.3 is 20.3 Å². The van der Waals surface area contributed by atoms with Gasteiger partial charge in [-0.15, -0.1) is 0 Å². The molecule has 1 saturated heterocycles. The van der Waals surface area contributed by atoms with E-state index in [9.17, 15) is 15.0 Å². The summed E-state index contributed by atoms with van der Waals surface area (Å²) in [6.45, 7) is 6.35. The highest BCUT2D eigenvalue weighted by Crippen LogP contribution is 2.40. The molecule has 9 nitrogen and oxygen atoms in total. The Kier molecular flexibility index (Phi) is 10.7. The third kappa shape index (κ3) is 7.74. The first kappa shape index (κ1) is 36.8. The molecule has 1 saturated carbocycles. The summed E-state index contributed by atoms with van der Waals surface area (Å²) < 4.78 is 21.5. The Morgan fingerprint density at radius 3 is 2.58 bits per heavy atom. The van der Waals surface area contributed by atoms with Crippen LogP contribution in [0.2, 0.25) is 10.0 Å². The van der Waals surface area contributed by atoms with Crippen molar-refractivity contribution >= 4 is 63.7 Å². The van der Waals surface area contributed by atoms with Crippen molar-refractivity contribution < 1.29 is 24.1 Å². The molecule has 0 spiro atoms. The van der Waals surface area contributed by atoms with Gasteiger partial charge in [-0.2, -0.15) is 0 Å². The minimum Gasteiger partial charge on any atom is -0.493 e. The highest BCUT2D eigenvalue weighted by molar-refractivity contribution is 6.36. The van der Waals surface area contributed by atoms with E-state index in [1.54, 1.807) is 25.3 Å². The smallest absolute Gasteiger partial charge is 0.323 e. The first-order chi connectivity index (χ1) is 25.6. The second kappa shape index (κ2) is 15.4. The average molecular weight is 757 g/mol. The molecular weight excluding hydrogens is 716 g/mol. The molecule has 274 valence electrons. The first-order valence-electron chi connectivity index (χ1n) is 17.7. The molecule has 4 N–H and O–H groups in total. The second-order valence-corrected chi connectivity index (χ2v) is 14.4. The Hall–Kier alpha value is -4.58. The number of carbonyl (C=O) groups is 1. The van der Waals surface area contributed by atoms with Gasteiger partial charge in [-0.1, -0.05) is 65.7 Å². The Balaban J connectivity index is 1.13. The molecule has 0 radical (unpaired) electrons. The van der Waals surface area contributed by atoms with Crippen molar-refractivity contribution in [3.8, 4) is 16.9 Å². The van der Waals surface area contributed by atoms with Crippen LogP contribution in [0.15, 0.2) is 67.0 Å². The minimum atomic E-state index is -1.03. The van der Waals surface area contributed by atoms with Crippen LogP contribution in [0, 0.1) is 12.7 Å². The van der Waals surface area contributed by atoms with Crippen molar-refractivity contribution in [2.45, 2.75) is 57.8 Å². The molecule has 7 rings (SSSR count). The molecule has 1 aliphatic heterocycles. The van der Waals surface area contributed by atoms with Gasteiger partial charge in [0.05, 0.1) is 28.4 Å². The van der Waals surface area contributed by atoms with E-state index >= 15 is 4.39 Å². The molecule has 1 atom stereocenters. The Morgan fingerprint density at radius 1 is 1.08 bits per heavy atom. The molecule has 0 bridgehead atoms. The van der Waals surface area contributed by atoms with E-state index in [0.717, 1.165) is 58.2 Å². The number of nitrogens with one attached hydrogen (secondary N) is 2. The zero-order valence-corrected chi connectivity index (χ0v) is 30.9. The Morgan fingerprint density at radius 2 is 1.85 bits per heavy atom. The van der Waals surface area contributed by atoms with Crippen molar-refractivity contribution in [1.82, 2.24) is 20.2 Å². The van der Waals surface area contributed by atoms with E-state index in [-0.39, 0.29) is 23.2 Å². The number of carboxylic acids is 1. The predicted octanol–water partition coefficient (Wildman–Crippen LogP) is 8.64. The van der Waals surface area contributed by atoms with Gasteiger partial charge in [-0.05, 0) is 85.2 Å². The predicted molar refractivity (Wildman–Crippen MR) is 208 cm³/mol. The Bertz CT molecular complexity index is 2230. The monoisotopic (exact) mass is 755 g/mol. The van der Waals surface area contributed by atoms with Crippen LogP contribution in [-0.2, 0) is 17.9 Å². The molecule has 0 amide bonds. The number of fused-ring (bicyclic) bond motifs is 1. The van der Waals surface area contributed by atoms with E-state index in [2.05, 4.69) is 26.6 Å². The standard InChI is InChI=1S/C41H40Cl2FN5O4/c1-3-53-34-19-27(35(42)37(44)32(34)21-47-41(14-15-41)40(51)52)11-10-26-6-4-7-30(24(26)2)31-8-5-9-33(36(31)43)48-39-38-28(12-16-45-39)18-25(20-46-38)22-49-17-13-29(50)23-49/h4-12,16,18-20,29,47,50H,3,13-15,17,21-23H2,1-2H3,(H,45,48)(H,51,52)/b11-10+. The van der Waals surface area contributed by atoms with Crippen LogP contribution in [0.5, 0.6) is 5.75 Å². The number of aliphatic hydroxyl groups is 1. The third-order valence-corrected chi connectivity index (χ3v) is 10.8. The topological polar surface area (TPSA) is 120 Å². The molecule has 2 aliphatic rings. The molecule has 2 aromatic heterocycles. The number of anilines is 2. The summed E-state index contributed by atoms with van der Waals surface area (Å²) in [5.41, 5.74) is 5.65. The summed E-state index contributed by atoms with van der Waals surface area (Å²) in [6, 6.07) is 17.4. The third-order valence-electron chi connectivity index (χ3n) is 10.0. The fourth-order valence-corrected chi connectivity index (χ4v) is 7.35. The lowest BCUT2D eigenvalue weighted by Crippen LogP contribution is -2.38. The number of hydrogen-bond donors (Lipinski definition) is 4. The first-order valence-corrected chi connectivity index (χ1v) is 18.4. The summed E-state index contributed by atoms with van der Waals surface area (Å²) in [5.74, 6) is -0.701. The van der Waals surface area contributed by atoms with Gasteiger partial charge in [-0.3, -0.25) is 20.0 Å². The number of pyridine rings is 2. The highest BCUT2D eigenvalue weighted by Gasteiger charge is 2.50. The maximum absolute atomic E-state index is 15.7. The number of nitrogens with zero attached hydrogens (tertiary/aromatic N) is 3. The summed E-state index contributed by atoms with van der Waals surface area (Å²) in [6.07, 6.45) is 8.71. The van der Waals surface area contributed by atoms with E-state index in [0.29, 0.717) is 53.8 Å². The normalized spacial score (nSPS) is 16.8. The van der Waals surface area contributed by atoms with Crippen LogP contribution in [0.25, 0.3) is 34.2 Å². The van der Waals surface area contributed by atoms with Crippen molar-refractivity contribution in [3.63, 3.8) is 0 Å². The number of ether oxygens (including phenoxy) is 1. The SMILES string of the molecule is CCOc1cc(/C=C/c2cccc(-c3cccc(Nc4nccc5cc(CN6CCC(O)C6)cnc45)c3Cl)c2C)c(Cl)c(F)c1CNC1(C(=O)O)CC1. The molecule has 12 heteroatoms.